The van der Waals surface area contributed by atoms with Crippen LogP contribution in [-0.4, -0.2) is 62.0 Å². The maximum absolute atomic E-state index is 12.5. The van der Waals surface area contributed by atoms with Gasteiger partial charge in [0, 0.05) is 12.1 Å². The number of benzene rings is 1. The minimum Gasteiger partial charge on any atom is -0.482 e. The Bertz CT molecular complexity index is 831. The molecule has 0 aromatic heterocycles. The number of ether oxygens (including phenoxy) is 2. The summed E-state index contributed by atoms with van der Waals surface area (Å²) in [5, 5.41) is 0. The normalized spacial score (nSPS) is 20.9. The van der Waals surface area contributed by atoms with Gasteiger partial charge in [-0.1, -0.05) is 6.07 Å². The lowest BCUT2D eigenvalue weighted by Gasteiger charge is -2.28. The third-order valence-electron chi connectivity index (χ3n) is 5.02. The highest BCUT2D eigenvalue weighted by atomic mass is 32.2. The highest BCUT2D eigenvalue weighted by molar-refractivity contribution is 7.91. The van der Waals surface area contributed by atoms with Crippen molar-refractivity contribution < 1.29 is 27.5 Å². The molecule has 1 saturated carbocycles. The Kier molecular flexibility index (Phi) is 5.74. The number of carbonyl (C=O) groups excluding carboxylic acids is 2. The zero-order valence-corrected chi connectivity index (χ0v) is 16.5. The summed E-state index contributed by atoms with van der Waals surface area (Å²) in [5.74, 6) is -0.288. The van der Waals surface area contributed by atoms with E-state index in [1.54, 1.807) is 11.0 Å². The second-order valence-corrected chi connectivity index (χ2v) is 9.51. The summed E-state index contributed by atoms with van der Waals surface area (Å²) < 4.78 is 33.9. The standard InChI is InChI=1S/C19H25NO6S/c1-13-3-6-17(9-14(13)2)25-11-19(22)26-10-18(21)20(15-4-5-15)16-7-8-27(23,24)12-16/h3,6,9,15-16H,4-5,7-8,10-12H2,1-2H3/t16-/m1/s1. The van der Waals surface area contributed by atoms with Crippen molar-refractivity contribution in [3.8, 4) is 5.75 Å². The first kappa shape index (κ1) is 19.7. The largest absolute Gasteiger partial charge is 0.482 e. The lowest BCUT2D eigenvalue weighted by molar-refractivity contribution is -0.154. The van der Waals surface area contributed by atoms with Crippen LogP contribution >= 0.6 is 0 Å². The van der Waals surface area contributed by atoms with Gasteiger partial charge in [0.1, 0.15) is 5.75 Å². The first-order valence-corrected chi connectivity index (χ1v) is 10.9. The average molecular weight is 395 g/mol. The molecule has 2 aliphatic rings. The van der Waals surface area contributed by atoms with E-state index in [-0.39, 0.29) is 42.7 Å². The summed E-state index contributed by atoms with van der Waals surface area (Å²) in [6, 6.07) is 5.28. The van der Waals surface area contributed by atoms with E-state index >= 15 is 0 Å². The molecule has 1 heterocycles. The van der Waals surface area contributed by atoms with Gasteiger partial charge in [0.05, 0.1) is 11.5 Å². The monoisotopic (exact) mass is 395 g/mol. The van der Waals surface area contributed by atoms with Crippen LogP contribution in [0.3, 0.4) is 0 Å². The fraction of sp³-hybridized carbons (Fsp3) is 0.579. The number of carbonyl (C=O) groups is 2. The molecule has 0 spiro atoms. The summed E-state index contributed by atoms with van der Waals surface area (Å²) >= 11 is 0. The van der Waals surface area contributed by atoms with E-state index in [0.29, 0.717) is 12.2 Å². The molecule has 1 aromatic carbocycles. The van der Waals surface area contributed by atoms with Gasteiger partial charge in [-0.2, -0.15) is 0 Å². The van der Waals surface area contributed by atoms with Gasteiger partial charge in [-0.05, 0) is 56.4 Å². The minimum absolute atomic E-state index is 0.000920. The van der Waals surface area contributed by atoms with Crippen molar-refractivity contribution in [2.75, 3.05) is 24.7 Å². The van der Waals surface area contributed by atoms with Crippen LogP contribution in [0.25, 0.3) is 0 Å². The Morgan fingerprint density at radius 3 is 2.41 bits per heavy atom. The Morgan fingerprint density at radius 2 is 1.81 bits per heavy atom. The number of esters is 1. The van der Waals surface area contributed by atoms with Gasteiger partial charge in [0.25, 0.3) is 5.91 Å². The number of hydrogen-bond donors (Lipinski definition) is 0. The van der Waals surface area contributed by atoms with Gasteiger partial charge < -0.3 is 14.4 Å². The van der Waals surface area contributed by atoms with Gasteiger partial charge in [0.2, 0.25) is 0 Å². The van der Waals surface area contributed by atoms with Crippen molar-refractivity contribution in [2.24, 2.45) is 0 Å². The number of hydrogen-bond acceptors (Lipinski definition) is 6. The van der Waals surface area contributed by atoms with E-state index < -0.39 is 15.8 Å². The summed E-state index contributed by atoms with van der Waals surface area (Å²) in [7, 11) is -3.08. The Labute approximate surface area is 159 Å². The van der Waals surface area contributed by atoms with Crippen molar-refractivity contribution >= 4 is 21.7 Å². The second-order valence-electron chi connectivity index (χ2n) is 7.28. The first-order chi connectivity index (χ1) is 12.7. The van der Waals surface area contributed by atoms with Crippen LogP contribution in [0.5, 0.6) is 5.75 Å². The number of rotatable bonds is 7. The highest BCUT2D eigenvalue weighted by Crippen LogP contribution is 2.32. The molecule has 8 heteroatoms. The van der Waals surface area contributed by atoms with Gasteiger partial charge in [0.15, 0.2) is 23.1 Å². The summed E-state index contributed by atoms with van der Waals surface area (Å²) in [6.07, 6.45) is 2.19. The van der Waals surface area contributed by atoms with Gasteiger partial charge >= 0.3 is 5.97 Å². The Hall–Kier alpha value is -2.09. The molecule has 1 saturated heterocycles. The maximum Gasteiger partial charge on any atom is 0.344 e. The molecule has 1 aromatic rings. The lowest BCUT2D eigenvalue weighted by Crippen LogP contribution is -2.45. The van der Waals surface area contributed by atoms with E-state index in [1.165, 1.54) is 0 Å². The van der Waals surface area contributed by atoms with Crippen LogP contribution in [0.1, 0.15) is 30.4 Å². The SMILES string of the molecule is Cc1ccc(OCC(=O)OCC(=O)N(C2CC2)[C@@H]2CCS(=O)(=O)C2)cc1C. The smallest absolute Gasteiger partial charge is 0.344 e. The molecule has 0 N–H and O–H groups in total. The van der Waals surface area contributed by atoms with E-state index in [1.807, 2.05) is 26.0 Å². The Morgan fingerprint density at radius 1 is 1.07 bits per heavy atom. The molecule has 0 radical (unpaired) electrons. The summed E-state index contributed by atoms with van der Waals surface area (Å²) in [4.78, 5) is 26.0. The van der Waals surface area contributed by atoms with Crippen LogP contribution < -0.4 is 4.74 Å². The van der Waals surface area contributed by atoms with Crippen LogP contribution in [0.2, 0.25) is 0 Å². The zero-order valence-electron chi connectivity index (χ0n) is 15.6. The van der Waals surface area contributed by atoms with E-state index in [4.69, 9.17) is 9.47 Å². The molecule has 3 rings (SSSR count). The van der Waals surface area contributed by atoms with Crippen LogP contribution in [0.4, 0.5) is 0 Å². The van der Waals surface area contributed by atoms with Gasteiger partial charge in [-0.25, -0.2) is 13.2 Å². The first-order valence-electron chi connectivity index (χ1n) is 9.12. The molecule has 148 valence electrons. The average Bonchev–Trinajstić information content (AvgIpc) is 3.37. The molecule has 2 fully saturated rings. The number of sulfone groups is 1. The molecule has 1 aliphatic heterocycles. The van der Waals surface area contributed by atoms with Crippen molar-refractivity contribution in [1.29, 1.82) is 0 Å². The molecule has 1 aliphatic carbocycles. The Balaban J connectivity index is 1.48. The van der Waals surface area contributed by atoms with E-state index in [9.17, 15) is 18.0 Å². The topological polar surface area (TPSA) is 90.0 Å². The molecular formula is C19H25NO6S. The highest BCUT2D eigenvalue weighted by Gasteiger charge is 2.42. The number of aryl methyl sites for hydroxylation is 2. The molecule has 0 unspecified atom stereocenters. The molecule has 7 nitrogen and oxygen atoms in total. The van der Waals surface area contributed by atoms with Crippen molar-refractivity contribution in [1.82, 2.24) is 4.90 Å². The second kappa shape index (κ2) is 7.88. The summed E-state index contributed by atoms with van der Waals surface area (Å²) in [5.41, 5.74) is 2.19. The molecule has 1 atom stereocenters. The van der Waals surface area contributed by atoms with Crippen molar-refractivity contribution in [3.05, 3.63) is 29.3 Å². The fourth-order valence-corrected chi connectivity index (χ4v) is 4.97. The van der Waals surface area contributed by atoms with E-state index in [0.717, 1.165) is 24.0 Å². The van der Waals surface area contributed by atoms with Crippen LogP contribution in [0, 0.1) is 13.8 Å². The quantitative estimate of drug-likeness (QED) is 0.649. The summed E-state index contributed by atoms with van der Waals surface area (Å²) in [6.45, 7) is 3.27. The van der Waals surface area contributed by atoms with Crippen molar-refractivity contribution in [2.45, 2.75) is 45.2 Å². The lowest BCUT2D eigenvalue weighted by atomic mass is 10.1. The zero-order chi connectivity index (χ0) is 19.6. The molecule has 27 heavy (non-hydrogen) atoms. The van der Waals surface area contributed by atoms with Gasteiger partial charge in [-0.15, -0.1) is 0 Å². The predicted octanol–water partition coefficient (Wildman–Crippen LogP) is 1.40. The van der Waals surface area contributed by atoms with Gasteiger partial charge in [-0.3, -0.25) is 4.79 Å². The predicted molar refractivity (Wildman–Crippen MR) is 99.3 cm³/mol. The third kappa shape index (κ3) is 5.22. The minimum atomic E-state index is -3.08. The maximum atomic E-state index is 12.5. The van der Waals surface area contributed by atoms with Crippen LogP contribution in [-0.2, 0) is 24.2 Å². The third-order valence-corrected chi connectivity index (χ3v) is 6.77. The van der Waals surface area contributed by atoms with Crippen LogP contribution in [0.15, 0.2) is 18.2 Å². The van der Waals surface area contributed by atoms with E-state index in [2.05, 4.69) is 0 Å². The number of amides is 1. The molecule has 1 amide bonds. The molecular weight excluding hydrogens is 370 g/mol. The van der Waals surface area contributed by atoms with Crippen molar-refractivity contribution in [3.63, 3.8) is 0 Å². The fourth-order valence-electron chi connectivity index (χ4n) is 3.26. The number of nitrogens with zero attached hydrogens (tertiary/aromatic N) is 1. The molecule has 0 bridgehead atoms.